The van der Waals surface area contributed by atoms with Crippen molar-refractivity contribution >= 4 is 17.6 Å². The first-order valence-electron chi connectivity index (χ1n) is 4.61. The molecular formula is C12H11NS. The van der Waals surface area contributed by atoms with Gasteiger partial charge >= 0.3 is 0 Å². The molecule has 1 aliphatic rings. The molecule has 1 aliphatic carbocycles. The number of hydrogen-bond donors (Lipinski definition) is 0. The van der Waals surface area contributed by atoms with Gasteiger partial charge in [0, 0.05) is 29.6 Å². The van der Waals surface area contributed by atoms with Gasteiger partial charge in [0.2, 0.25) is 0 Å². The second-order valence-electron chi connectivity index (χ2n) is 2.99. The molecular weight excluding hydrogens is 190 g/mol. The van der Waals surface area contributed by atoms with E-state index in [0.717, 1.165) is 18.5 Å². The van der Waals surface area contributed by atoms with Crippen LogP contribution < -0.4 is 0 Å². The molecule has 1 aromatic heterocycles. The van der Waals surface area contributed by atoms with Crippen LogP contribution in [0.25, 0.3) is 0 Å². The Kier molecular flexibility index (Phi) is 3.12. The summed E-state index contributed by atoms with van der Waals surface area (Å²) in [6.07, 6.45) is 8.80. The van der Waals surface area contributed by atoms with E-state index in [2.05, 4.69) is 28.2 Å². The van der Waals surface area contributed by atoms with Gasteiger partial charge in [-0.05, 0) is 23.6 Å². The average Bonchev–Trinajstić information content (AvgIpc) is 2.86. The topological polar surface area (TPSA) is 12.4 Å². The van der Waals surface area contributed by atoms with Crippen molar-refractivity contribution in [3.63, 3.8) is 0 Å². The lowest BCUT2D eigenvalue weighted by Crippen LogP contribution is -1.86. The molecule has 0 saturated heterocycles. The van der Waals surface area contributed by atoms with E-state index in [-0.39, 0.29) is 0 Å². The zero-order valence-corrected chi connectivity index (χ0v) is 8.63. The molecule has 1 heterocycles. The van der Waals surface area contributed by atoms with Crippen LogP contribution in [0.2, 0.25) is 0 Å². The Labute approximate surface area is 87.8 Å². The molecule has 70 valence electrons. The average molecular weight is 201 g/mol. The minimum absolute atomic E-state index is 0.861. The summed E-state index contributed by atoms with van der Waals surface area (Å²) in [5, 5.41) is 2.10. The van der Waals surface area contributed by atoms with E-state index in [1.54, 1.807) is 11.3 Å². The van der Waals surface area contributed by atoms with E-state index in [1.807, 2.05) is 24.4 Å². The van der Waals surface area contributed by atoms with Crippen LogP contribution in [0.4, 0.5) is 0 Å². The third kappa shape index (κ3) is 2.56. The predicted octanol–water partition coefficient (Wildman–Crippen LogP) is 3.01. The maximum atomic E-state index is 4.34. The number of thiophene rings is 1. The molecule has 1 aromatic rings. The Hall–Kier alpha value is -1.37. The van der Waals surface area contributed by atoms with Crippen LogP contribution in [0.3, 0.4) is 0 Å². The van der Waals surface area contributed by atoms with E-state index >= 15 is 0 Å². The van der Waals surface area contributed by atoms with Crippen molar-refractivity contribution in [3.05, 3.63) is 51.9 Å². The molecule has 0 atom stereocenters. The van der Waals surface area contributed by atoms with Crippen molar-refractivity contribution in [2.45, 2.75) is 6.42 Å². The first kappa shape index (κ1) is 9.20. The maximum Gasteiger partial charge on any atom is 0.0438 e. The monoisotopic (exact) mass is 201 g/mol. The maximum absolute atomic E-state index is 4.34. The van der Waals surface area contributed by atoms with E-state index < -0.39 is 0 Å². The summed E-state index contributed by atoms with van der Waals surface area (Å²) in [5.74, 6) is 0. The molecule has 14 heavy (non-hydrogen) atoms. The fraction of sp³-hybridized carbons (Fsp3) is 0.167. The Morgan fingerprint density at radius 2 is 2.50 bits per heavy atom. The van der Waals surface area contributed by atoms with Crippen molar-refractivity contribution in [1.29, 1.82) is 0 Å². The minimum atomic E-state index is 0.861. The third-order valence-electron chi connectivity index (χ3n) is 1.92. The summed E-state index contributed by atoms with van der Waals surface area (Å²) >= 11 is 1.79. The summed E-state index contributed by atoms with van der Waals surface area (Å²) in [5.41, 5.74) is 4.15. The van der Waals surface area contributed by atoms with Gasteiger partial charge in [-0.1, -0.05) is 12.1 Å². The molecule has 0 amide bonds. The molecule has 0 saturated carbocycles. The quantitative estimate of drug-likeness (QED) is 0.524. The largest absolute Gasteiger partial charge is 0.292 e. The molecule has 2 heteroatoms. The summed E-state index contributed by atoms with van der Waals surface area (Å²) in [7, 11) is 0. The standard InChI is InChI=1S/C12H11NS/c1-2-5-11(4-1)10-13-8-7-12-6-3-9-14-12/h1-4,6,9-10H,7-8H2. The molecule has 0 spiro atoms. The summed E-state index contributed by atoms with van der Waals surface area (Å²) in [6.45, 7) is 0.861. The number of rotatable bonds is 4. The molecule has 0 aliphatic heterocycles. The van der Waals surface area contributed by atoms with Gasteiger partial charge in [0.15, 0.2) is 0 Å². The first-order chi connectivity index (χ1) is 6.95. The smallest absolute Gasteiger partial charge is 0.0438 e. The molecule has 0 unspecified atom stereocenters. The van der Waals surface area contributed by atoms with Gasteiger partial charge in [0.25, 0.3) is 0 Å². The second kappa shape index (κ2) is 4.75. The minimum Gasteiger partial charge on any atom is -0.292 e. The van der Waals surface area contributed by atoms with Crippen molar-refractivity contribution in [1.82, 2.24) is 0 Å². The number of hydrogen-bond acceptors (Lipinski definition) is 2. The third-order valence-corrected chi connectivity index (χ3v) is 2.86. The number of nitrogens with zero attached hydrogens (tertiary/aromatic N) is 1. The van der Waals surface area contributed by atoms with E-state index in [0.29, 0.717) is 0 Å². The zero-order chi connectivity index (χ0) is 9.64. The highest BCUT2D eigenvalue weighted by Crippen LogP contribution is 2.08. The fourth-order valence-corrected chi connectivity index (χ4v) is 1.92. The molecule has 0 aromatic carbocycles. The highest BCUT2D eigenvalue weighted by molar-refractivity contribution is 7.09. The van der Waals surface area contributed by atoms with Crippen LogP contribution in [-0.4, -0.2) is 12.8 Å². The van der Waals surface area contributed by atoms with Crippen LogP contribution in [0.1, 0.15) is 4.88 Å². The lowest BCUT2D eigenvalue weighted by atomic mass is 10.3. The summed E-state index contributed by atoms with van der Waals surface area (Å²) in [4.78, 5) is 5.74. The Bertz CT molecular complexity index is 404. The van der Waals surface area contributed by atoms with E-state index in [4.69, 9.17) is 0 Å². The summed E-state index contributed by atoms with van der Waals surface area (Å²) < 4.78 is 0. The molecule has 2 rings (SSSR count). The number of aliphatic imine (C=N–C) groups is 1. The normalized spacial score (nSPS) is 14.1. The predicted molar refractivity (Wildman–Crippen MR) is 62.1 cm³/mol. The van der Waals surface area contributed by atoms with Crippen LogP contribution in [-0.2, 0) is 6.42 Å². The first-order valence-corrected chi connectivity index (χ1v) is 5.49. The fourth-order valence-electron chi connectivity index (χ4n) is 1.22. The molecule has 0 bridgehead atoms. The highest BCUT2D eigenvalue weighted by atomic mass is 32.1. The van der Waals surface area contributed by atoms with Gasteiger partial charge in [-0.25, -0.2) is 0 Å². The number of allylic oxidation sites excluding steroid dienone is 3. The van der Waals surface area contributed by atoms with Gasteiger partial charge in [-0.15, -0.1) is 17.1 Å². The van der Waals surface area contributed by atoms with E-state index in [9.17, 15) is 0 Å². The van der Waals surface area contributed by atoms with Crippen molar-refractivity contribution in [2.75, 3.05) is 6.54 Å². The van der Waals surface area contributed by atoms with Crippen molar-refractivity contribution in [3.8, 4) is 0 Å². The molecule has 0 radical (unpaired) electrons. The van der Waals surface area contributed by atoms with Gasteiger partial charge in [-0.3, -0.25) is 4.99 Å². The SMILES string of the molecule is C1=CC=CC=1C=NCCc1cccs1. The zero-order valence-electron chi connectivity index (χ0n) is 7.81. The Balaban J connectivity index is 1.78. The lowest BCUT2D eigenvalue weighted by molar-refractivity contribution is 0.994. The van der Waals surface area contributed by atoms with Gasteiger partial charge in [0.05, 0.1) is 0 Å². The summed E-state index contributed by atoms with van der Waals surface area (Å²) in [6, 6.07) is 4.23. The van der Waals surface area contributed by atoms with Gasteiger partial charge < -0.3 is 0 Å². The van der Waals surface area contributed by atoms with Crippen molar-refractivity contribution < 1.29 is 0 Å². The van der Waals surface area contributed by atoms with Crippen LogP contribution in [0, 0.1) is 0 Å². The molecule has 1 nitrogen and oxygen atoms in total. The lowest BCUT2D eigenvalue weighted by Gasteiger charge is -1.90. The van der Waals surface area contributed by atoms with Crippen LogP contribution in [0.15, 0.2) is 52.0 Å². The van der Waals surface area contributed by atoms with Gasteiger partial charge in [-0.2, -0.15) is 0 Å². The second-order valence-corrected chi connectivity index (χ2v) is 4.02. The molecule has 0 N–H and O–H groups in total. The van der Waals surface area contributed by atoms with Gasteiger partial charge in [0.1, 0.15) is 0 Å². The molecule has 0 fully saturated rings. The van der Waals surface area contributed by atoms with Crippen LogP contribution in [0.5, 0.6) is 0 Å². The van der Waals surface area contributed by atoms with Crippen LogP contribution >= 0.6 is 11.3 Å². The Morgan fingerprint density at radius 1 is 1.50 bits per heavy atom. The Morgan fingerprint density at radius 3 is 3.21 bits per heavy atom. The highest BCUT2D eigenvalue weighted by Gasteiger charge is 1.91. The van der Waals surface area contributed by atoms with E-state index in [1.165, 1.54) is 4.88 Å². The van der Waals surface area contributed by atoms with Crippen molar-refractivity contribution in [2.24, 2.45) is 4.99 Å².